The highest BCUT2D eigenvalue weighted by Crippen LogP contribution is 2.32. The summed E-state index contributed by atoms with van der Waals surface area (Å²) < 4.78 is 0. The van der Waals surface area contributed by atoms with E-state index < -0.39 is 0 Å². The minimum atomic E-state index is 0.573. The second kappa shape index (κ2) is 7.69. The van der Waals surface area contributed by atoms with Gasteiger partial charge >= 0.3 is 0 Å². The van der Waals surface area contributed by atoms with Crippen LogP contribution in [0.5, 0.6) is 0 Å². The van der Waals surface area contributed by atoms with Crippen molar-refractivity contribution in [3.05, 3.63) is 66.9 Å². The Morgan fingerprint density at radius 3 is 1.96 bits per heavy atom. The lowest BCUT2D eigenvalue weighted by atomic mass is 9.94. The molecular weight excluding hydrogens is 318 g/mol. The molecule has 1 aliphatic rings. The lowest BCUT2D eigenvalue weighted by molar-refractivity contribution is 0.426. The molecule has 1 aliphatic carbocycles. The van der Waals surface area contributed by atoms with Gasteiger partial charge in [0, 0.05) is 24.2 Å². The summed E-state index contributed by atoms with van der Waals surface area (Å²) in [5.41, 5.74) is 4.11. The van der Waals surface area contributed by atoms with E-state index in [9.17, 15) is 0 Å². The average Bonchev–Trinajstić information content (AvgIpc) is 2.75. The van der Waals surface area contributed by atoms with Crippen molar-refractivity contribution in [2.75, 3.05) is 11.9 Å². The molecule has 26 heavy (non-hydrogen) atoms. The first kappa shape index (κ1) is 16.8. The van der Waals surface area contributed by atoms with Crippen molar-refractivity contribution in [3.8, 4) is 22.5 Å². The summed E-state index contributed by atoms with van der Waals surface area (Å²) in [5, 5.41) is 0. The van der Waals surface area contributed by atoms with E-state index in [4.69, 9.17) is 9.97 Å². The number of nitrogens with zero attached hydrogens (tertiary/aromatic N) is 3. The van der Waals surface area contributed by atoms with Crippen LogP contribution in [0.25, 0.3) is 22.5 Å². The monoisotopic (exact) mass is 343 g/mol. The molecule has 0 radical (unpaired) electrons. The largest absolute Gasteiger partial charge is 0.355 e. The first-order chi connectivity index (χ1) is 12.8. The third-order valence-corrected chi connectivity index (χ3v) is 5.34. The molecule has 0 N–H and O–H groups in total. The molecule has 1 saturated carbocycles. The molecule has 0 bridgehead atoms. The lowest BCUT2D eigenvalue weighted by Gasteiger charge is -2.32. The Kier molecular flexibility index (Phi) is 4.96. The Labute approximate surface area is 155 Å². The molecule has 132 valence electrons. The number of aromatic nitrogens is 2. The van der Waals surface area contributed by atoms with E-state index >= 15 is 0 Å². The van der Waals surface area contributed by atoms with E-state index in [2.05, 4.69) is 48.3 Å². The van der Waals surface area contributed by atoms with Crippen LogP contribution in [-0.4, -0.2) is 23.1 Å². The fraction of sp³-hybridized carbons (Fsp3) is 0.304. The molecule has 1 aromatic heterocycles. The minimum absolute atomic E-state index is 0.573. The van der Waals surface area contributed by atoms with Crippen LogP contribution in [0.15, 0.2) is 66.9 Å². The van der Waals surface area contributed by atoms with Gasteiger partial charge < -0.3 is 4.90 Å². The van der Waals surface area contributed by atoms with Gasteiger partial charge in [0.15, 0.2) is 0 Å². The molecule has 3 aromatic rings. The number of rotatable bonds is 4. The van der Waals surface area contributed by atoms with Gasteiger partial charge in [-0.3, -0.25) is 4.98 Å². The summed E-state index contributed by atoms with van der Waals surface area (Å²) in [6.45, 7) is 0. The first-order valence-corrected chi connectivity index (χ1v) is 9.53. The van der Waals surface area contributed by atoms with Crippen molar-refractivity contribution in [2.24, 2.45) is 0 Å². The molecule has 0 amide bonds. The highest BCUT2D eigenvalue weighted by molar-refractivity contribution is 5.78. The van der Waals surface area contributed by atoms with Gasteiger partial charge in [0.2, 0.25) is 0 Å². The van der Waals surface area contributed by atoms with Crippen LogP contribution in [-0.2, 0) is 0 Å². The molecule has 0 saturated heterocycles. The molecule has 0 atom stereocenters. The fourth-order valence-corrected chi connectivity index (χ4v) is 3.81. The first-order valence-electron chi connectivity index (χ1n) is 9.53. The van der Waals surface area contributed by atoms with E-state index in [1.54, 1.807) is 0 Å². The normalized spacial score (nSPS) is 15.0. The molecule has 0 aliphatic heterocycles. The zero-order chi connectivity index (χ0) is 17.8. The van der Waals surface area contributed by atoms with Crippen molar-refractivity contribution in [2.45, 2.75) is 38.1 Å². The SMILES string of the molecule is CN(c1cnc(-c2ccccc2)c(-c2ccccc2)n1)C1CCCCC1. The molecule has 3 nitrogen and oxygen atoms in total. The zero-order valence-electron chi connectivity index (χ0n) is 15.3. The van der Waals surface area contributed by atoms with Gasteiger partial charge in [0.05, 0.1) is 17.6 Å². The fourth-order valence-electron chi connectivity index (χ4n) is 3.81. The highest BCUT2D eigenvalue weighted by Gasteiger charge is 2.21. The van der Waals surface area contributed by atoms with Gasteiger partial charge in [-0.2, -0.15) is 0 Å². The Bertz CT molecular complexity index is 840. The number of hydrogen-bond acceptors (Lipinski definition) is 3. The maximum atomic E-state index is 5.06. The van der Waals surface area contributed by atoms with Crippen LogP contribution in [0.3, 0.4) is 0 Å². The second-order valence-electron chi connectivity index (χ2n) is 7.06. The van der Waals surface area contributed by atoms with Gasteiger partial charge in [-0.15, -0.1) is 0 Å². The molecule has 2 aromatic carbocycles. The van der Waals surface area contributed by atoms with Crippen LogP contribution in [0.2, 0.25) is 0 Å². The van der Waals surface area contributed by atoms with Crippen molar-refractivity contribution < 1.29 is 0 Å². The number of benzene rings is 2. The third kappa shape index (κ3) is 3.48. The predicted molar refractivity (Wildman–Crippen MR) is 108 cm³/mol. The van der Waals surface area contributed by atoms with Gasteiger partial charge in [-0.25, -0.2) is 4.98 Å². The molecule has 0 spiro atoms. The van der Waals surface area contributed by atoms with Gasteiger partial charge in [-0.1, -0.05) is 79.9 Å². The van der Waals surface area contributed by atoms with Crippen molar-refractivity contribution >= 4 is 5.82 Å². The summed E-state index contributed by atoms with van der Waals surface area (Å²) in [6.07, 6.45) is 8.42. The Morgan fingerprint density at radius 1 is 0.769 bits per heavy atom. The van der Waals surface area contributed by atoms with Crippen molar-refractivity contribution in [3.63, 3.8) is 0 Å². The quantitative estimate of drug-likeness (QED) is 0.619. The summed E-state index contributed by atoms with van der Waals surface area (Å²) in [4.78, 5) is 12.2. The summed E-state index contributed by atoms with van der Waals surface area (Å²) in [5.74, 6) is 0.968. The second-order valence-corrected chi connectivity index (χ2v) is 7.06. The molecule has 0 unspecified atom stereocenters. The van der Waals surface area contributed by atoms with Crippen LogP contribution >= 0.6 is 0 Å². The summed E-state index contributed by atoms with van der Waals surface area (Å²) in [7, 11) is 2.16. The van der Waals surface area contributed by atoms with Crippen LogP contribution < -0.4 is 4.90 Å². The smallest absolute Gasteiger partial charge is 0.147 e. The molecular formula is C23H25N3. The maximum absolute atomic E-state index is 5.06. The van der Waals surface area contributed by atoms with Crippen LogP contribution in [0.1, 0.15) is 32.1 Å². The Hall–Kier alpha value is -2.68. The molecule has 3 heteroatoms. The van der Waals surface area contributed by atoms with Gasteiger partial charge in [0.1, 0.15) is 5.82 Å². The van der Waals surface area contributed by atoms with E-state index in [-0.39, 0.29) is 0 Å². The maximum Gasteiger partial charge on any atom is 0.147 e. The van der Waals surface area contributed by atoms with Gasteiger partial charge in [-0.05, 0) is 12.8 Å². The number of hydrogen-bond donors (Lipinski definition) is 0. The van der Waals surface area contributed by atoms with E-state index in [0.29, 0.717) is 6.04 Å². The average molecular weight is 343 g/mol. The predicted octanol–water partition coefficient (Wildman–Crippen LogP) is 5.58. The van der Waals surface area contributed by atoms with Crippen LogP contribution in [0.4, 0.5) is 5.82 Å². The number of anilines is 1. The van der Waals surface area contributed by atoms with Gasteiger partial charge in [0.25, 0.3) is 0 Å². The van der Waals surface area contributed by atoms with E-state index in [1.807, 2.05) is 30.5 Å². The van der Waals surface area contributed by atoms with Crippen molar-refractivity contribution in [1.29, 1.82) is 0 Å². The Morgan fingerprint density at radius 2 is 1.35 bits per heavy atom. The molecule has 1 fully saturated rings. The highest BCUT2D eigenvalue weighted by atomic mass is 15.2. The third-order valence-electron chi connectivity index (χ3n) is 5.34. The standard InChI is InChI=1S/C23H25N3/c1-26(20-15-9-4-10-16-20)21-17-24-22(18-11-5-2-6-12-18)23(25-21)19-13-7-3-8-14-19/h2-3,5-8,11-14,17,20H,4,9-10,15-16H2,1H3. The molecule has 1 heterocycles. The zero-order valence-corrected chi connectivity index (χ0v) is 15.3. The topological polar surface area (TPSA) is 29.0 Å². The summed E-state index contributed by atoms with van der Waals surface area (Å²) >= 11 is 0. The minimum Gasteiger partial charge on any atom is -0.355 e. The lowest BCUT2D eigenvalue weighted by Crippen LogP contribution is -2.34. The van der Waals surface area contributed by atoms with E-state index in [0.717, 1.165) is 28.3 Å². The summed E-state index contributed by atoms with van der Waals surface area (Å²) in [6, 6.07) is 21.3. The Balaban J connectivity index is 1.77. The van der Waals surface area contributed by atoms with Crippen LogP contribution in [0, 0.1) is 0 Å². The van der Waals surface area contributed by atoms with Crippen molar-refractivity contribution in [1.82, 2.24) is 9.97 Å². The molecule has 4 rings (SSSR count). The van der Waals surface area contributed by atoms with E-state index in [1.165, 1.54) is 32.1 Å².